The molecule has 0 aliphatic carbocycles. The summed E-state index contributed by atoms with van der Waals surface area (Å²) in [6.07, 6.45) is 0. The fourth-order valence-electron chi connectivity index (χ4n) is 3.35. The third kappa shape index (κ3) is 4.01. The first-order chi connectivity index (χ1) is 14.7. The minimum atomic E-state index is 0.639. The molecule has 0 bridgehead atoms. The number of H-pyrrole nitrogens is 1. The molecule has 0 fully saturated rings. The Bertz CT molecular complexity index is 1070. The molecule has 0 aliphatic rings. The number of aromatic amines is 1. The average Bonchev–Trinajstić information content (AvgIpc) is 3.25. The van der Waals surface area contributed by atoms with Crippen LogP contribution >= 0.6 is 0 Å². The number of benzene rings is 3. The minimum absolute atomic E-state index is 0.639. The van der Waals surface area contributed by atoms with Crippen LogP contribution in [0.1, 0.15) is 6.92 Å². The van der Waals surface area contributed by atoms with Gasteiger partial charge in [0.2, 0.25) is 0 Å². The number of ether oxygens (including phenoxy) is 3. The Balaban J connectivity index is 1.84. The normalized spacial score (nSPS) is 10.6. The first-order valence-corrected chi connectivity index (χ1v) is 9.84. The summed E-state index contributed by atoms with van der Waals surface area (Å²) in [5.41, 5.74) is 4.73. The van der Waals surface area contributed by atoms with E-state index in [2.05, 4.69) is 4.98 Å². The molecule has 0 unspecified atom stereocenters. The van der Waals surface area contributed by atoms with E-state index in [-0.39, 0.29) is 0 Å². The number of rotatable bonds is 7. The van der Waals surface area contributed by atoms with Gasteiger partial charge in [-0.15, -0.1) is 0 Å². The lowest BCUT2D eigenvalue weighted by Crippen LogP contribution is -1.90. The Kier molecular flexibility index (Phi) is 5.70. The van der Waals surface area contributed by atoms with E-state index in [1.165, 1.54) is 0 Å². The molecule has 0 saturated carbocycles. The molecule has 5 nitrogen and oxygen atoms in total. The van der Waals surface area contributed by atoms with Crippen LogP contribution in [0.5, 0.6) is 17.2 Å². The predicted molar refractivity (Wildman–Crippen MR) is 119 cm³/mol. The smallest absolute Gasteiger partial charge is 0.138 e. The number of nitrogens with one attached hydrogen (secondary N) is 1. The van der Waals surface area contributed by atoms with E-state index in [1.807, 2.05) is 79.7 Å². The molecule has 4 rings (SSSR count). The molecule has 0 spiro atoms. The van der Waals surface area contributed by atoms with Gasteiger partial charge >= 0.3 is 0 Å². The maximum absolute atomic E-state index is 5.56. The zero-order chi connectivity index (χ0) is 20.9. The van der Waals surface area contributed by atoms with Crippen LogP contribution in [0.15, 0.2) is 72.8 Å². The maximum atomic E-state index is 5.56. The zero-order valence-corrected chi connectivity index (χ0v) is 17.3. The highest BCUT2D eigenvalue weighted by Crippen LogP contribution is 2.35. The first kappa shape index (κ1) is 19.6. The van der Waals surface area contributed by atoms with E-state index in [4.69, 9.17) is 19.2 Å². The highest BCUT2D eigenvalue weighted by Gasteiger charge is 2.16. The monoisotopic (exact) mass is 400 g/mol. The summed E-state index contributed by atoms with van der Waals surface area (Å²) in [5, 5.41) is 0. The third-order valence-corrected chi connectivity index (χ3v) is 4.84. The molecule has 1 N–H and O–H groups in total. The Morgan fingerprint density at radius 1 is 0.733 bits per heavy atom. The summed E-state index contributed by atoms with van der Waals surface area (Å²) in [6.45, 7) is 2.61. The lowest BCUT2D eigenvalue weighted by atomic mass is 10.0. The molecule has 0 amide bonds. The second kappa shape index (κ2) is 8.74. The van der Waals surface area contributed by atoms with Gasteiger partial charge in [0, 0.05) is 16.7 Å². The number of nitrogens with zero attached hydrogens (tertiary/aromatic N) is 1. The predicted octanol–water partition coefficient (Wildman–Crippen LogP) is 5.83. The van der Waals surface area contributed by atoms with Crippen molar-refractivity contribution in [1.29, 1.82) is 0 Å². The molecule has 0 saturated heterocycles. The summed E-state index contributed by atoms with van der Waals surface area (Å²) >= 11 is 0. The molecule has 0 aliphatic heterocycles. The van der Waals surface area contributed by atoms with Crippen LogP contribution < -0.4 is 14.2 Å². The van der Waals surface area contributed by atoms with Crippen molar-refractivity contribution in [2.24, 2.45) is 0 Å². The highest BCUT2D eigenvalue weighted by atomic mass is 16.5. The van der Waals surface area contributed by atoms with Gasteiger partial charge in [0.05, 0.1) is 32.2 Å². The Labute approximate surface area is 176 Å². The van der Waals surface area contributed by atoms with Crippen LogP contribution in [0.2, 0.25) is 0 Å². The SMILES string of the molecule is CCOc1ccc(-c2nc(-c3cccc(OC)c3)c(-c3cccc(OC)c3)[nH]2)cc1. The van der Waals surface area contributed by atoms with Crippen molar-refractivity contribution in [2.75, 3.05) is 20.8 Å². The van der Waals surface area contributed by atoms with Gasteiger partial charge in [-0.2, -0.15) is 0 Å². The lowest BCUT2D eigenvalue weighted by molar-refractivity contribution is 0.340. The standard InChI is InChI=1S/C25H24N2O3/c1-4-30-20-13-11-17(12-14-20)25-26-23(18-7-5-9-21(15-18)28-2)24(27-25)19-8-6-10-22(16-19)29-3/h5-16H,4H2,1-3H3,(H,26,27). The van der Waals surface area contributed by atoms with E-state index in [0.29, 0.717) is 6.61 Å². The number of aromatic nitrogens is 2. The molecule has 4 aromatic rings. The number of imidazole rings is 1. The number of methoxy groups -OCH3 is 2. The van der Waals surface area contributed by atoms with Crippen molar-refractivity contribution in [3.63, 3.8) is 0 Å². The van der Waals surface area contributed by atoms with E-state index in [0.717, 1.165) is 51.2 Å². The van der Waals surface area contributed by atoms with Crippen LogP contribution in [-0.4, -0.2) is 30.8 Å². The summed E-state index contributed by atoms with van der Waals surface area (Å²) in [6, 6.07) is 23.8. The molecule has 30 heavy (non-hydrogen) atoms. The molecular weight excluding hydrogens is 376 g/mol. The molecule has 1 heterocycles. The molecule has 0 atom stereocenters. The first-order valence-electron chi connectivity index (χ1n) is 9.84. The van der Waals surface area contributed by atoms with Gasteiger partial charge in [-0.25, -0.2) is 4.98 Å². The van der Waals surface area contributed by atoms with Crippen molar-refractivity contribution >= 4 is 0 Å². The topological polar surface area (TPSA) is 56.4 Å². The number of hydrogen-bond donors (Lipinski definition) is 1. The van der Waals surface area contributed by atoms with Crippen molar-refractivity contribution in [2.45, 2.75) is 6.92 Å². The quantitative estimate of drug-likeness (QED) is 0.424. The fraction of sp³-hybridized carbons (Fsp3) is 0.160. The molecule has 1 aromatic heterocycles. The third-order valence-electron chi connectivity index (χ3n) is 4.84. The molecule has 152 valence electrons. The van der Waals surface area contributed by atoms with Crippen molar-refractivity contribution in [1.82, 2.24) is 9.97 Å². The van der Waals surface area contributed by atoms with Crippen LogP contribution in [0.3, 0.4) is 0 Å². The highest BCUT2D eigenvalue weighted by molar-refractivity contribution is 5.82. The van der Waals surface area contributed by atoms with E-state index < -0.39 is 0 Å². The second-order valence-corrected chi connectivity index (χ2v) is 6.73. The molecule has 5 heteroatoms. The van der Waals surface area contributed by atoms with E-state index >= 15 is 0 Å². The van der Waals surface area contributed by atoms with Gasteiger partial charge < -0.3 is 19.2 Å². The average molecular weight is 400 g/mol. The minimum Gasteiger partial charge on any atom is -0.497 e. The zero-order valence-electron chi connectivity index (χ0n) is 17.3. The van der Waals surface area contributed by atoms with Crippen LogP contribution in [0, 0.1) is 0 Å². The molecule has 3 aromatic carbocycles. The lowest BCUT2D eigenvalue weighted by Gasteiger charge is -2.07. The summed E-state index contributed by atoms with van der Waals surface area (Å²) in [4.78, 5) is 8.45. The van der Waals surface area contributed by atoms with E-state index in [1.54, 1.807) is 14.2 Å². The van der Waals surface area contributed by atoms with Gasteiger partial charge in [-0.1, -0.05) is 24.3 Å². The molecular formula is C25H24N2O3. The fourth-order valence-corrected chi connectivity index (χ4v) is 3.35. The Morgan fingerprint density at radius 2 is 1.37 bits per heavy atom. The van der Waals surface area contributed by atoms with Gasteiger partial charge in [-0.3, -0.25) is 0 Å². The second-order valence-electron chi connectivity index (χ2n) is 6.73. The van der Waals surface area contributed by atoms with Crippen LogP contribution in [0.4, 0.5) is 0 Å². The van der Waals surface area contributed by atoms with Gasteiger partial charge in [-0.05, 0) is 55.5 Å². The van der Waals surface area contributed by atoms with E-state index in [9.17, 15) is 0 Å². The Morgan fingerprint density at radius 3 is 2.00 bits per heavy atom. The summed E-state index contributed by atoms with van der Waals surface area (Å²) in [5.74, 6) is 3.21. The van der Waals surface area contributed by atoms with Gasteiger partial charge in [0.15, 0.2) is 0 Å². The summed E-state index contributed by atoms with van der Waals surface area (Å²) < 4.78 is 16.4. The number of hydrogen-bond acceptors (Lipinski definition) is 4. The maximum Gasteiger partial charge on any atom is 0.138 e. The summed E-state index contributed by atoms with van der Waals surface area (Å²) in [7, 11) is 3.33. The van der Waals surface area contributed by atoms with Gasteiger partial charge in [0.25, 0.3) is 0 Å². The van der Waals surface area contributed by atoms with Crippen LogP contribution in [-0.2, 0) is 0 Å². The van der Waals surface area contributed by atoms with Crippen molar-refractivity contribution < 1.29 is 14.2 Å². The van der Waals surface area contributed by atoms with Crippen molar-refractivity contribution in [3.8, 4) is 51.2 Å². The van der Waals surface area contributed by atoms with Crippen LogP contribution in [0.25, 0.3) is 33.9 Å². The largest absolute Gasteiger partial charge is 0.497 e. The van der Waals surface area contributed by atoms with Gasteiger partial charge in [0.1, 0.15) is 23.1 Å². The Hall–Kier alpha value is -3.73. The molecule has 0 radical (unpaired) electrons. The van der Waals surface area contributed by atoms with Crippen molar-refractivity contribution in [3.05, 3.63) is 72.8 Å².